The largest absolute Gasteiger partial charge is 0.316 e. The zero-order chi connectivity index (χ0) is 13.3. The summed E-state index contributed by atoms with van der Waals surface area (Å²) < 4.78 is 25.2. The van der Waals surface area contributed by atoms with Crippen molar-refractivity contribution < 1.29 is 13.6 Å². The molecule has 0 spiro atoms. The van der Waals surface area contributed by atoms with Gasteiger partial charge in [0.1, 0.15) is 6.17 Å². The van der Waals surface area contributed by atoms with Crippen LogP contribution >= 0.6 is 11.3 Å². The lowest BCUT2D eigenvalue weighted by Gasteiger charge is -2.23. The van der Waals surface area contributed by atoms with Crippen LogP contribution in [0.4, 0.5) is 8.78 Å². The minimum Gasteiger partial charge on any atom is -0.316 e. The molecule has 1 aromatic heterocycles. The number of amides is 1. The van der Waals surface area contributed by atoms with E-state index in [1.54, 1.807) is 0 Å². The van der Waals surface area contributed by atoms with Gasteiger partial charge >= 0.3 is 0 Å². The van der Waals surface area contributed by atoms with Crippen molar-refractivity contribution in [3.63, 3.8) is 0 Å². The van der Waals surface area contributed by atoms with Crippen LogP contribution in [0.1, 0.15) is 25.6 Å². The van der Waals surface area contributed by atoms with Crippen molar-refractivity contribution in [2.45, 2.75) is 32.5 Å². The second kappa shape index (κ2) is 5.32. The highest BCUT2D eigenvalue weighted by molar-refractivity contribution is 7.07. The van der Waals surface area contributed by atoms with Gasteiger partial charge in [0.25, 0.3) is 6.43 Å². The SMILES string of the molecule is CC(C)C1NC(c2ccsc2)N(CC(F)F)C1=O. The molecule has 1 fully saturated rings. The Bertz CT molecular complexity index is 408. The molecule has 18 heavy (non-hydrogen) atoms. The van der Waals surface area contributed by atoms with Crippen LogP contribution in [0.25, 0.3) is 0 Å². The number of thiophene rings is 1. The van der Waals surface area contributed by atoms with Crippen molar-refractivity contribution in [1.82, 2.24) is 10.2 Å². The molecule has 0 saturated carbocycles. The fourth-order valence-corrected chi connectivity index (χ4v) is 2.84. The first-order valence-electron chi connectivity index (χ1n) is 5.87. The third kappa shape index (κ3) is 2.54. The van der Waals surface area contributed by atoms with Crippen LogP contribution in [0, 0.1) is 5.92 Å². The van der Waals surface area contributed by atoms with Crippen LogP contribution in [0.3, 0.4) is 0 Å². The Morgan fingerprint density at radius 1 is 1.50 bits per heavy atom. The van der Waals surface area contributed by atoms with Gasteiger partial charge in [0.05, 0.1) is 12.6 Å². The maximum absolute atomic E-state index is 12.6. The Morgan fingerprint density at radius 3 is 2.72 bits per heavy atom. The molecular weight excluding hydrogens is 258 g/mol. The molecule has 0 radical (unpaired) electrons. The Labute approximate surface area is 109 Å². The third-order valence-corrected chi connectivity index (χ3v) is 3.76. The Morgan fingerprint density at radius 2 is 2.22 bits per heavy atom. The first-order chi connectivity index (χ1) is 8.50. The van der Waals surface area contributed by atoms with E-state index in [1.165, 1.54) is 16.2 Å². The van der Waals surface area contributed by atoms with Crippen LogP contribution < -0.4 is 5.32 Å². The van der Waals surface area contributed by atoms with E-state index in [0.717, 1.165) is 5.56 Å². The topological polar surface area (TPSA) is 32.3 Å². The maximum Gasteiger partial charge on any atom is 0.255 e. The minimum atomic E-state index is -2.51. The van der Waals surface area contributed by atoms with Gasteiger partial charge in [-0.2, -0.15) is 11.3 Å². The molecule has 1 saturated heterocycles. The number of carbonyl (C=O) groups is 1. The van der Waals surface area contributed by atoms with Gasteiger partial charge < -0.3 is 4.90 Å². The van der Waals surface area contributed by atoms with Crippen LogP contribution in [0.5, 0.6) is 0 Å². The summed E-state index contributed by atoms with van der Waals surface area (Å²) in [5.74, 6) is -0.150. The molecular formula is C12H16F2N2OS. The number of nitrogens with one attached hydrogen (secondary N) is 1. The van der Waals surface area contributed by atoms with E-state index in [2.05, 4.69) is 5.32 Å². The molecule has 2 unspecified atom stereocenters. The van der Waals surface area contributed by atoms with Gasteiger partial charge in [-0.05, 0) is 28.3 Å². The predicted molar refractivity (Wildman–Crippen MR) is 66.5 cm³/mol. The first-order valence-corrected chi connectivity index (χ1v) is 6.81. The zero-order valence-corrected chi connectivity index (χ0v) is 11.1. The van der Waals surface area contributed by atoms with Gasteiger partial charge in [-0.15, -0.1) is 0 Å². The molecule has 0 aromatic carbocycles. The molecule has 0 aliphatic carbocycles. The summed E-state index contributed by atoms with van der Waals surface area (Å²) in [4.78, 5) is 13.4. The number of rotatable bonds is 4. The second-order valence-corrected chi connectivity index (χ2v) is 5.51. The maximum atomic E-state index is 12.6. The van der Waals surface area contributed by atoms with Crippen molar-refractivity contribution in [3.05, 3.63) is 22.4 Å². The van der Waals surface area contributed by atoms with Crippen molar-refractivity contribution in [2.75, 3.05) is 6.54 Å². The van der Waals surface area contributed by atoms with E-state index in [-0.39, 0.29) is 17.9 Å². The highest BCUT2D eigenvalue weighted by Gasteiger charge is 2.41. The lowest BCUT2D eigenvalue weighted by atomic mass is 10.1. The van der Waals surface area contributed by atoms with Gasteiger partial charge in [-0.3, -0.25) is 10.1 Å². The third-order valence-electron chi connectivity index (χ3n) is 3.06. The number of hydrogen-bond donors (Lipinski definition) is 1. The van der Waals surface area contributed by atoms with E-state index in [1.807, 2.05) is 30.7 Å². The van der Waals surface area contributed by atoms with Crippen LogP contribution in [0.15, 0.2) is 16.8 Å². The molecule has 2 heterocycles. The zero-order valence-electron chi connectivity index (χ0n) is 10.3. The predicted octanol–water partition coefficient (Wildman–Crippen LogP) is 2.47. The highest BCUT2D eigenvalue weighted by atomic mass is 32.1. The number of carbonyl (C=O) groups excluding carboxylic acids is 1. The standard InChI is InChI=1S/C12H16F2N2OS/c1-7(2)10-12(17)16(5-9(13)14)11(15-10)8-3-4-18-6-8/h3-4,6-7,9-11,15H,5H2,1-2H3. The van der Waals surface area contributed by atoms with Gasteiger partial charge in [0.2, 0.25) is 5.91 Å². The number of alkyl halides is 2. The fraction of sp³-hybridized carbons (Fsp3) is 0.583. The van der Waals surface area contributed by atoms with Gasteiger partial charge in [0, 0.05) is 0 Å². The van der Waals surface area contributed by atoms with E-state index in [4.69, 9.17) is 0 Å². The average molecular weight is 274 g/mol. The van der Waals surface area contributed by atoms with Crippen LogP contribution in [0.2, 0.25) is 0 Å². The quantitative estimate of drug-likeness (QED) is 0.914. The Balaban J connectivity index is 2.23. The van der Waals surface area contributed by atoms with Gasteiger partial charge in [-0.1, -0.05) is 13.8 Å². The molecule has 1 aliphatic heterocycles. The molecule has 0 bridgehead atoms. The van der Waals surface area contributed by atoms with Crippen molar-refractivity contribution in [1.29, 1.82) is 0 Å². The number of halogens is 2. The first kappa shape index (κ1) is 13.4. The summed E-state index contributed by atoms with van der Waals surface area (Å²) in [6.07, 6.45) is -2.94. The fourth-order valence-electron chi connectivity index (χ4n) is 2.17. The molecule has 1 aromatic rings. The normalized spacial score (nSPS) is 24.6. The van der Waals surface area contributed by atoms with Crippen LogP contribution in [-0.2, 0) is 4.79 Å². The Hall–Kier alpha value is -1.01. The molecule has 2 rings (SSSR count). The van der Waals surface area contributed by atoms with Crippen molar-refractivity contribution >= 4 is 17.2 Å². The summed E-state index contributed by atoms with van der Waals surface area (Å²) in [6.45, 7) is 3.30. The van der Waals surface area contributed by atoms with Crippen molar-refractivity contribution in [2.24, 2.45) is 5.92 Å². The minimum absolute atomic E-state index is 0.0845. The molecule has 1 aliphatic rings. The summed E-state index contributed by atoms with van der Waals surface area (Å²) in [6, 6.07) is 1.48. The summed E-state index contributed by atoms with van der Waals surface area (Å²) in [5.41, 5.74) is 0.872. The van der Waals surface area contributed by atoms with E-state index in [9.17, 15) is 13.6 Å². The smallest absolute Gasteiger partial charge is 0.255 e. The highest BCUT2D eigenvalue weighted by Crippen LogP contribution is 2.29. The van der Waals surface area contributed by atoms with Gasteiger partial charge in [-0.25, -0.2) is 8.78 Å². The number of hydrogen-bond acceptors (Lipinski definition) is 3. The monoisotopic (exact) mass is 274 g/mol. The lowest BCUT2D eigenvalue weighted by molar-refractivity contribution is -0.132. The molecule has 3 nitrogen and oxygen atoms in total. The summed E-state index contributed by atoms with van der Waals surface area (Å²) >= 11 is 1.49. The summed E-state index contributed by atoms with van der Waals surface area (Å²) in [5, 5.41) is 6.91. The molecule has 6 heteroatoms. The van der Waals surface area contributed by atoms with Crippen LogP contribution in [-0.4, -0.2) is 29.8 Å². The molecule has 1 amide bonds. The second-order valence-electron chi connectivity index (χ2n) is 4.73. The average Bonchev–Trinajstić information content (AvgIpc) is 2.87. The van der Waals surface area contributed by atoms with E-state index in [0.29, 0.717) is 0 Å². The molecule has 100 valence electrons. The molecule has 1 N–H and O–H groups in total. The van der Waals surface area contributed by atoms with Crippen molar-refractivity contribution in [3.8, 4) is 0 Å². The van der Waals surface area contributed by atoms with Gasteiger partial charge in [0.15, 0.2) is 0 Å². The van der Waals surface area contributed by atoms with E-state index >= 15 is 0 Å². The lowest BCUT2D eigenvalue weighted by Crippen LogP contribution is -2.36. The molecule has 2 atom stereocenters. The number of nitrogens with zero attached hydrogens (tertiary/aromatic N) is 1. The summed E-state index contributed by atoms with van der Waals surface area (Å²) in [7, 11) is 0. The Kier molecular flexibility index (Phi) is 3.97. The van der Waals surface area contributed by atoms with E-state index < -0.39 is 19.1 Å².